The van der Waals surface area contributed by atoms with Crippen molar-refractivity contribution in [2.75, 3.05) is 6.54 Å². The van der Waals surface area contributed by atoms with Crippen LogP contribution in [-0.2, 0) is 0 Å². The molecular formula is C9H13N. The smallest absolute Gasteiger partial charge is 0.0502 e. The van der Waals surface area contributed by atoms with Crippen LogP contribution in [0.25, 0.3) is 0 Å². The molecule has 2 aliphatic rings. The molecule has 0 bridgehead atoms. The molecule has 2 rings (SSSR count). The second-order valence-corrected chi connectivity index (χ2v) is 3.30. The highest BCUT2D eigenvalue weighted by Crippen LogP contribution is 2.32. The van der Waals surface area contributed by atoms with Crippen molar-refractivity contribution in [3.8, 4) is 0 Å². The SMILES string of the molecule is C=C1C=CC2C(C)CCN12. The lowest BCUT2D eigenvalue weighted by molar-refractivity contribution is 0.369. The fourth-order valence-electron chi connectivity index (χ4n) is 1.90. The third kappa shape index (κ3) is 0.634. The zero-order valence-corrected chi connectivity index (χ0v) is 6.38. The van der Waals surface area contributed by atoms with Crippen LogP contribution in [0.2, 0.25) is 0 Å². The van der Waals surface area contributed by atoms with Crippen molar-refractivity contribution in [3.05, 3.63) is 24.4 Å². The van der Waals surface area contributed by atoms with Crippen molar-refractivity contribution in [1.82, 2.24) is 4.90 Å². The van der Waals surface area contributed by atoms with Gasteiger partial charge >= 0.3 is 0 Å². The minimum absolute atomic E-state index is 0.674. The second-order valence-electron chi connectivity index (χ2n) is 3.30. The maximum absolute atomic E-state index is 3.97. The molecule has 1 heteroatoms. The predicted molar refractivity (Wildman–Crippen MR) is 42.6 cm³/mol. The van der Waals surface area contributed by atoms with E-state index in [1.807, 2.05) is 0 Å². The Kier molecular flexibility index (Phi) is 1.13. The highest BCUT2D eigenvalue weighted by atomic mass is 15.2. The summed E-state index contributed by atoms with van der Waals surface area (Å²) in [5, 5.41) is 0. The first-order valence-corrected chi connectivity index (χ1v) is 3.93. The average Bonchev–Trinajstić information content (AvgIpc) is 2.41. The van der Waals surface area contributed by atoms with Gasteiger partial charge in [0.1, 0.15) is 0 Å². The van der Waals surface area contributed by atoms with Gasteiger partial charge in [-0.2, -0.15) is 0 Å². The van der Waals surface area contributed by atoms with E-state index in [1.54, 1.807) is 0 Å². The lowest BCUT2D eigenvalue weighted by Gasteiger charge is -2.19. The van der Waals surface area contributed by atoms with Gasteiger partial charge in [0, 0.05) is 12.2 Å². The van der Waals surface area contributed by atoms with Crippen LogP contribution in [0.4, 0.5) is 0 Å². The maximum Gasteiger partial charge on any atom is 0.0502 e. The molecule has 10 heavy (non-hydrogen) atoms. The van der Waals surface area contributed by atoms with Crippen LogP contribution in [0.1, 0.15) is 13.3 Å². The van der Waals surface area contributed by atoms with E-state index in [2.05, 4.69) is 30.6 Å². The van der Waals surface area contributed by atoms with E-state index >= 15 is 0 Å². The second kappa shape index (κ2) is 1.88. The normalized spacial score (nSPS) is 37.3. The Hall–Kier alpha value is -0.720. The zero-order valence-electron chi connectivity index (χ0n) is 6.38. The molecule has 0 aliphatic carbocycles. The van der Waals surface area contributed by atoms with E-state index in [4.69, 9.17) is 0 Å². The Morgan fingerprint density at radius 1 is 1.70 bits per heavy atom. The molecule has 0 radical (unpaired) electrons. The van der Waals surface area contributed by atoms with Crippen molar-refractivity contribution in [3.63, 3.8) is 0 Å². The van der Waals surface area contributed by atoms with Crippen LogP contribution < -0.4 is 0 Å². The largest absolute Gasteiger partial charge is 0.365 e. The summed E-state index contributed by atoms with van der Waals surface area (Å²) in [4.78, 5) is 2.39. The van der Waals surface area contributed by atoms with Gasteiger partial charge in [-0.25, -0.2) is 0 Å². The minimum Gasteiger partial charge on any atom is -0.365 e. The number of hydrogen-bond acceptors (Lipinski definition) is 1. The number of rotatable bonds is 0. The lowest BCUT2D eigenvalue weighted by Crippen LogP contribution is -2.23. The number of hydrogen-bond donors (Lipinski definition) is 0. The molecule has 1 nitrogen and oxygen atoms in total. The first kappa shape index (κ1) is 6.02. The Morgan fingerprint density at radius 2 is 2.50 bits per heavy atom. The van der Waals surface area contributed by atoms with Gasteiger partial charge in [0.15, 0.2) is 0 Å². The van der Waals surface area contributed by atoms with Crippen molar-refractivity contribution in [2.45, 2.75) is 19.4 Å². The van der Waals surface area contributed by atoms with Crippen LogP contribution in [0.3, 0.4) is 0 Å². The zero-order chi connectivity index (χ0) is 7.14. The highest BCUT2D eigenvalue weighted by molar-refractivity contribution is 5.26. The van der Waals surface area contributed by atoms with E-state index in [0.29, 0.717) is 6.04 Å². The molecule has 0 aromatic carbocycles. The maximum atomic E-state index is 3.97. The molecule has 2 heterocycles. The molecule has 2 unspecified atom stereocenters. The fourth-order valence-corrected chi connectivity index (χ4v) is 1.90. The molecule has 0 N–H and O–H groups in total. The quantitative estimate of drug-likeness (QED) is 0.489. The molecule has 0 saturated carbocycles. The number of nitrogens with zero attached hydrogens (tertiary/aromatic N) is 1. The Bertz CT molecular complexity index is 193. The molecule has 1 saturated heterocycles. The van der Waals surface area contributed by atoms with E-state index in [1.165, 1.54) is 18.7 Å². The van der Waals surface area contributed by atoms with Gasteiger partial charge in [0.25, 0.3) is 0 Å². The summed E-state index contributed by atoms with van der Waals surface area (Å²) < 4.78 is 0. The Balaban J connectivity index is 2.24. The van der Waals surface area contributed by atoms with Crippen LogP contribution in [0.5, 0.6) is 0 Å². The topological polar surface area (TPSA) is 3.24 Å². The third-order valence-corrected chi connectivity index (χ3v) is 2.62. The molecule has 1 fully saturated rings. The van der Waals surface area contributed by atoms with Gasteiger partial charge in [-0.1, -0.05) is 19.6 Å². The standard InChI is InChI=1S/C9H13N/c1-7-5-6-10-8(2)3-4-9(7)10/h3-4,7,9H,2,5-6H2,1H3. The van der Waals surface area contributed by atoms with Crippen molar-refractivity contribution >= 4 is 0 Å². The molecular weight excluding hydrogens is 122 g/mol. The molecule has 0 spiro atoms. The van der Waals surface area contributed by atoms with Gasteiger partial charge in [-0.15, -0.1) is 0 Å². The van der Waals surface area contributed by atoms with Crippen molar-refractivity contribution < 1.29 is 0 Å². The van der Waals surface area contributed by atoms with Crippen LogP contribution in [0, 0.1) is 5.92 Å². The fraction of sp³-hybridized carbons (Fsp3) is 0.556. The Labute approximate surface area is 62.0 Å². The first-order chi connectivity index (χ1) is 4.79. The number of fused-ring (bicyclic) bond motifs is 1. The van der Waals surface area contributed by atoms with Gasteiger partial charge in [-0.05, 0) is 18.4 Å². The molecule has 0 amide bonds. The average molecular weight is 135 g/mol. The monoisotopic (exact) mass is 135 g/mol. The summed E-state index contributed by atoms with van der Waals surface area (Å²) in [6, 6.07) is 0.674. The van der Waals surface area contributed by atoms with Crippen LogP contribution in [-0.4, -0.2) is 17.5 Å². The molecule has 54 valence electrons. The Morgan fingerprint density at radius 3 is 3.20 bits per heavy atom. The van der Waals surface area contributed by atoms with E-state index < -0.39 is 0 Å². The predicted octanol–water partition coefficient (Wildman–Crippen LogP) is 1.78. The van der Waals surface area contributed by atoms with E-state index in [0.717, 1.165) is 5.92 Å². The number of allylic oxidation sites excluding steroid dienone is 1. The van der Waals surface area contributed by atoms with Gasteiger partial charge in [0.05, 0.1) is 6.04 Å². The molecule has 2 aliphatic heterocycles. The molecule has 2 atom stereocenters. The van der Waals surface area contributed by atoms with Gasteiger partial charge < -0.3 is 4.90 Å². The van der Waals surface area contributed by atoms with E-state index in [-0.39, 0.29) is 0 Å². The molecule has 0 aromatic heterocycles. The van der Waals surface area contributed by atoms with Crippen LogP contribution in [0.15, 0.2) is 24.4 Å². The molecule has 0 aromatic rings. The van der Waals surface area contributed by atoms with E-state index in [9.17, 15) is 0 Å². The highest BCUT2D eigenvalue weighted by Gasteiger charge is 2.32. The summed E-state index contributed by atoms with van der Waals surface area (Å²) in [6.07, 6.45) is 5.74. The van der Waals surface area contributed by atoms with Crippen molar-refractivity contribution in [2.24, 2.45) is 5.92 Å². The van der Waals surface area contributed by atoms with Crippen LogP contribution >= 0.6 is 0 Å². The summed E-state index contributed by atoms with van der Waals surface area (Å²) in [5.41, 5.74) is 1.20. The first-order valence-electron chi connectivity index (χ1n) is 3.93. The summed E-state index contributed by atoms with van der Waals surface area (Å²) in [7, 11) is 0. The summed E-state index contributed by atoms with van der Waals surface area (Å²) >= 11 is 0. The van der Waals surface area contributed by atoms with Gasteiger partial charge in [-0.3, -0.25) is 0 Å². The lowest BCUT2D eigenvalue weighted by atomic mass is 10.0. The minimum atomic E-state index is 0.674. The third-order valence-electron chi connectivity index (χ3n) is 2.62. The summed E-state index contributed by atoms with van der Waals surface area (Å²) in [5.74, 6) is 0.829. The van der Waals surface area contributed by atoms with Crippen molar-refractivity contribution in [1.29, 1.82) is 0 Å². The van der Waals surface area contributed by atoms with Gasteiger partial charge in [0.2, 0.25) is 0 Å². The summed E-state index contributed by atoms with van der Waals surface area (Å²) in [6.45, 7) is 7.49.